The van der Waals surface area contributed by atoms with Crippen molar-refractivity contribution >= 4 is 22.4 Å². The topological polar surface area (TPSA) is 63.6 Å². The molecule has 6 heteroatoms. The molecule has 0 aliphatic rings. The van der Waals surface area contributed by atoms with Crippen LogP contribution < -0.4 is 15.6 Å². The van der Waals surface area contributed by atoms with Crippen LogP contribution >= 0.6 is 0 Å². The molecule has 152 valence electrons. The Labute approximate surface area is 170 Å². The number of aryl methyl sites for hydroxylation is 2. The number of pyridine rings is 1. The van der Waals surface area contributed by atoms with Gasteiger partial charge in [0.15, 0.2) is 0 Å². The molecule has 0 unspecified atom stereocenters. The summed E-state index contributed by atoms with van der Waals surface area (Å²) in [7, 11) is 5.57. The monoisotopic (exact) mass is 393 g/mol. The fourth-order valence-electron chi connectivity index (χ4n) is 3.51. The number of hydrogen-bond acceptors (Lipinski definition) is 4. The zero-order chi connectivity index (χ0) is 21.1. The SMILES string of the molecule is COc1c(C)cc(C(=O)Nc2cccc3c(=O)n(CCN(C)C)ccc23)cc1C. The van der Waals surface area contributed by atoms with Gasteiger partial charge in [-0.25, -0.2) is 0 Å². The van der Waals surface area contributed by atoms with Crippen LogP contribution in [-0.4, -0.2) is 43.1 Å². The summed E-state index contributed by atoms with van der Waals surface area (Å²) in [6.45, 7) is 5.22. The minimum Gasteiger partial charge on any atom is -0.496 e. The second kappa shape index (κ2) is 8.49. The largest absolute Gasteiger partial charge is 0.496 e. The van der Waals surface area contributed by atoms with E-state index in [0.29, 0.717) is 23.2 Å². The van der Waals surface area contributed by atoms with Gasteiger partial charge >= 0.3 is 0 Å². The van der Waals surface area contributed by atoms with E-state index in [2.05, 4.69) is 5.32 Å². The number of hydrogen-bond donors (Lipinski definition) is 1. The lowest BCUT2D eigenvalue weighted by Crippen LogP contribution is -2.26. The maximum atomic E-state index is 12.9. The molecular formula is C23H27N3O3. The second-order valence-electron chi connectivity index (χ2n) is 7.48. The maximum absolute atomic E-state index is 12.9. The highest BCUT2D eigenvalue weighted by atomic mass is 16.5. The molecule has 3 aromatic rings. The van der Waals surface area contributed by atoms with Gasteiger partial charge in [-0.05, 0) is 69.4 Å². The summed E-state index contributed by atoms with van der Waals surface area (Å²) in [5.41, 5.74) is 2.92. The number of nitrogens with zero attached hydrogens (tertiary/aromatic N) is 2. The van der Waals surface area contributed by atoms with E-state index in [9.17, 15) is 9.59 Å². The number of amides is 1. The molecule has 0 atom stereocenters. The van der Waals surface area contributed by atoms with Gasteiger partial charge in [-0.15, -0.1) is 0 Å². The van der Waals surface area contributed by atoms with Crippen LogP contribution in [0.1, 0.15) is 21.5 Å². The molecular weight excluding hydrogens is 366 g/mol. The van der Waals surface area contributed by atoms with Gasteiger partial charge in [0.25, 0.3) is 11.5 Å². The number of likely N-dealkylation sites (N-methyl/N-ethyl adjacent to an activating group) is 1. The highest BCUT2D eigenvalue weighted by Gasteiger charge is 2.14. The molecule has 1 amide bonds. The van der Waals surface area contributed by atoms with Crippen molar-refractivity contribution in [1.82, 2.24) is 9.47 Å². The van der Waals surface area contributed by atoms with Crippen LogP contribution in [0.15, 0.2) is 47.4 Å². The van der Waals surface area contributed by atoms with Crippen LogP contribution in [0.25, 0.3) is 10.8 Å². The number of carbonyl (C=O) groups is 1. The van der Waals surface area contributed by atoms with Crippen LogP contribution in [0.3, 0.4) is 0 Å². The van der Waals surface area contributed by atoms with Crippen LogP contribution in [0, 0.1) is 13.8 Å². The standard InChI is InChI=1S/C23H27N3O3/c1-15-13-17(14-16(2)21(15)29-5)22(27)24-20-8-6-7-19-18(20)9-10-26(23(19)28)12-11-25(3)4/h6-10,13-14H,11-12H2,1-5H3,(H,24,27). The molecule has 6 nitrogen and oxygen atoms in total. The highest BCUT2D eigenvalue weighted by molar-refractivity contribution is 6.09. The molecule has 29 heavy (non-hydrogen) atoms. The summed E-state index contributed by atoms with van der Waals surface area (Å²) in [5.74, 6) is 0.563. The van der Waals surface area contributed by atoms with Crippen LogP contribution in [-0.2, 0) is 6.54 Å². The van der Waals surface area contributed by atoms with Crippen molar-refractivity contribution in [3.63, 3.8) is 0 Å². The van der Waals surface area contributed by atoms with Crippen molar-refractivity contribution < 1.29 is 9.53 Å². The first-order valence-corrected chi connectivity index (χ1v) is 9.55. The van der Waals surface area contributed by atoms with E-state index in [4.69, 9.17) is 4.74 Å². The van der Waals surface area contributed by atoms with Crippen molar-refractivity contribution in [1.29, 1.82) is 0 Å². The third-order valence-corrected chi connectivity index (χ3v) is 4.98. The Kier molecular flexibility index (Phi) is 6.03. The van der Waals surface area contributed by atoms with E-state index < -0.39 is 0 Å². The van der Waals surface area contributed by atoms with Gasteiger partial charge in [-0.3, -0.25) is 9.59 Å². The van der Waals surface area contributed by atoms with Gasteiger partial charge in [0.1, 0.15) is 5.75 Å². The molecule has 1 aromatic heterocycles. The van der Waals surface area contributed by atoms with Crippen molar-refractivity contribution in [2.75, 3.05) is 33.1 Å². The first kappa shape index (κ1) is 20.6. The molecule has 0 saturated carbocycles. The molecule has 0 saturated heterocycles. The number of carbonyl (C=O) groups excluding carboxylic acids is 1. The van der Waals surface area contributed by atoms with Gasteiger partial charge in [0.05, 0.1) is 7.11 Å². The van der Waals surface area contributed by atoms with Crippen LogP contribution in [0.4, 0.5) is 5.69 Å². The normalized spacial score (nSPS) is 11.1. The zero-order valence-corrected chi connectivity index (χ0v) is 17.6. The van der Waals surface area contributed by atoms with E-state index in [-0.39, 0.29) is 11.5 Å². The van der Waals surface area contributed by atoms with Crippen molar-refractivity contribution in [3.8, 4) is 5.75 Å². The van der Waals surface area contributed by atoms with Gasteiger partial charge in [0.2, 0.25) is 0 Å². The predicted octanol–water partition coefficient (Wildman–Crippen LogP) is 3.44. The van der Waals surface area contributed by atoms with Crippen molar-refractivity contribution in [2.24, 2.45) is 0 Å². The molecule has 2 aromatic carbocycles. The quantitative estimate of drug-likeness (QED) is 0.697. The van der Waals surface area contributed by atoms with Crippen molar-refractivity contribution in [2.45, 2.75) is 20.4 Å². The summed E-state index contributed by atoms with van der Waals surface area (Å²) in [5, 5.41) is 4.27. The third kappa shape index (κ3) is 4.32. The Hall–Kier alpha value is -3.12. The van der Waals surface area contributed by atoms with E-state index in [0.717, 1.165) is 28.8 Å². The maximum Gasteiger partial charge on any atom is 0.258 e. The van der Waals surface area contributed by atoms with E-state index in [1.807, 2.05) is 45.0 Å². The molecule has 0 bridgehead atoms. The Morgan fingerprint density at radius 3 is 2.41 bits per heavy atom. The summed E-state index contributed by atoms with van der Waals surface area (Å²) >= 11 is 0. The Bertz CT molecular complexity index is 1090. The Morgan fingerprint density at radius 2 is 1.79 bits per heavy atom. The Balaban J connectivity index is 1.93. The summed E-state index contributed by atoms with van der Waals surface area (Å²) < 4.78 is 7.07. The number of fused-ring (bicyclic) bond motifs is 1. The summed E-state index contributed by atoms with van der Waals surface area (Å²) in [6, 6.07) is 10.9. The lowest BCUT2D eigenvalue weighted by molar-refractivity contribution is 0.102. The minimum absolute atomic E-state index is 0.0587. The van der Waals surface area contributed by atoms with Crippen LogP contribution in [0.2, 0.25) is 0 Å². The zero-order valence-electron chi connectivity index (χ0n) is 17.6. The molecule has 0 aliphatic carbocycles. The van der Waals surface area contributed by atoms with Crippen molar-refractivity contribution in [3.05, 3.63) is 69.6 Å². The third-order valence-electron chi connectivity index (χ3n) is 4.98. The smallest absolute Gasteiger partial charge is 0.258 e. The number of nitrogens with one attached hydrogen (secondary N) is 1. The van der Waals surface area contributed by atoms with E-state index in [1.54, 1.807) is 42.1 Å². The number of rotatable bonds is 6. The molecule has 3 rings (SSSR count). The van der Waals surface area contributed by atoms with E-state index in [1.165, 1.54) is 0 Å². The fraction of sp³-hybridized carbons (Fsp3) is 0.304. The molecule has 0 radical (unpaired) electrons. The number of anilines is 1. The Morgan fingerprint density at radius 1 is 1.10 bits per heavy atom. The predicted molar refractivity (Wildman–Crippen MR) is 117 cm³/mol. The van der Waals surface area contributed by atoms with E-state index >= 15 is 0 Å². The lowest BCUT2D eigenvalue weighted by atomic mass is 10.0. The first-order chi connectivity index (χ1) is 13.8. The number of ether oxygens (including phenoxy) is 1. The van der Waals surface area contributed by atoms with Gasteiger partial charge in [-0.1, -0.05) is 6.07 Å². The summed E-state index contributed by atoms with van der Waals surface area (Å²) in [6.07, 6.45) is 1.78. The van der Waals surface area contributed by atoms with Gasteiger partial charge in [-0.2, -0.15) is 0 Å². The molecule has 1 heterocycles. The molecule has 0 aliphatic heterocycles. The molecule has 1 N–H and O–H groups in total. The fourth-order valence-corrected chi connectivity index (χ4v) is 3.51. The number of benzene rings is 2. The highest BCUT2D eigenvalue weighted by Crippen LogP contribution is 2.26. The second-order valence-corrected chi connectivity index (χ2v) is 7.48. The average molecular weight is 393 g/mol. The lowest BCUT2D eigenvalue weighted by Gasteiger charge is -2.14. The molecule has 0 fully saturated rings. The molecule has 0 spiro atoms. The van der Waals surface area contributed by atoms with Gasteiger partial charge < -0.3 is 19.5 Å². The van der Waals surface area contributed by atoms with Crippen LogP contribution in [0.5, 0.6) is 5.75 Å². The van der Waals surface area contributed by atoms with Gasteiger partial charge in [0, 0.05) is 41.3 Å². The first-order valence-electron chi connectivity index (χ1n) is 9.55. The minimum atomic E-state index is -0.219. The number of aromatic nitrogens is 1. The summed E-state index contributed by atoms with van der Waals surface area (Å²) in [4.78, 5) is 27.7. The average Bonchev–Trinajstić information content (AvgIpc) is 2.67. The number of methoxy groups -OCH3 is 1.